The molecule has 0 saturated carbocycles. The highest BCUT2D eigenvalue weighted by atomic mass is 35.5. The zero-order valence-corrected chi connectivity index (χ0v) is 11.0. The third kappa shape index (κ3) is 3.14. The standard InChI is InChI=1S/C13H12ClNOS/c1-15-7-6-10(8-15)12(16)9-17-13-5-3-2-4-11(13)14/h2-8H,9H2,1H3. The third-order valence-electron chi connectivity index (χ3n) is 2.35. The van der Waals surface area contributed by atoms with Crippen molar-refractivity contribution in [3.8, 4) is 0 Å². The van der Waals surface area contributed by atoms with Gasteiger partial charge in [0.1, 0.15) is 0 Å². The molecule has 1 heterocycles. The maximum absolute atomic E-state index is 11.9. The molecule has 0 bridgehead atoms. The van der Waals surface area contributed by atoms with E-state index in [-0.39, 0.29) is 5.78 Å². The molecule has 17 heavy (non-hydrogen) atoms. The van der Waals surface area contributed by atoms with Gasteiger partial charge in [0, 0.05) is 29.9 Å². The minimum Gasteiger partial charge on any atom is -0.357 e. The number of hydrogen-bond acceptors (Lipinski definition) is 2. The number of rotatable bonds is 4. The molecule has 2 nitrogen and oxygen atoms in total. The topological polar surface area (TPSA) is 22.0 Å². The number of aromatic nitrogens is 1. The minimum atomic E-state index is 0.121. The van der Waals surface area contributed by atoms with Crippen LogP contribution in [0, 0.1) is 0 Å². The lowest BCUT2D eigenvalue weighted by Gasteiger charge is -2.02. The number of benzene rings is 1. The molecule has 0 radical (unpaired) electrons. The van der Waals surface area contributed by atoms with Gasteiger partial charge in [0.05, 0.1) is 10.8 Å². The first-order chi connectivity index (χ1) is 8.16. The van der Waals surface area contributed by atoms with Crippen LogP contribution in [0.2, 0.25) is 5.02 Å². The molecule has 0 atom stereocenters. The molecule has 2 aromatic rings. The predicted octanol–water partition coefficient (Wildman–Crippen LogP) is 3.65. The first-order valence-electron chi connectivity index (χ1n) is 5.19. The van der Waals surface area contributed by atoms with E-state index in [1.54, 1.807) is 0 Å². The highest BCUT2D eigenvalue weighted by molar-refractivity contribution is 8.00. The Bertz CT molecular complexity index is 536. The van der Waals surface area contributed by atoms with Gasteiger partial charge in [0.25, 0.3) is 0 Å². The molecule has 0 unspecified atom stereocenters. The summed E-state index contributed by atoms with van der Waals surface area (Å²) in [6.07, 6.45) is 3.70. The van der Waals surface area contributed by atoms with Gasteiger partial charge in [-0.3, -0.25) is 4.79 Å². The number of hydrogen-bond donors (Lipinski definition) is 0. The number of nitrogens with zero attached hydrogens (tertiary/aromatic N) is 1. The van der Waals surface area contributed by atoms with E-state index >= 15 is 0 Å². The van der Waals surface area contributed by atoms with Gasteiger partial charge in [-0.25, -0.2) is 0 Å². The van der Waals surface area contributed by atoms with Crippen LogP contribution >= 0.6 is 23.4 Å². The number of thioether (sulfide) groups is 1. The van der Waals surface area contributed by atoms with Gasteiger partial charge in [0.2, 0.25) is 0 Å². The molecule has 4 heteroatoms. The Labute approximate surface area is 110 Å². The summed E-state index contributed by atoms with van der Waals surface area (Å²) in [5.74, 6) is 0.531. The summed E-state index contributed by atoms with van der Waals surface area (Å²) < 4.78 is 1.87. The average Bonchev–Trinajstić information content (AvgIpc) is 2.74. The molecule has 0 aliphatic heterocycles. The Balaban J connectivity index is 1.99. The molecule has 0 N–H and O–H groups in total. The van der Waals surface area contributed by atoms with Crippen LogP contribution in [-0.2, 0) is 7.05 Å². The van der Waals surface area contributed by atoms with E-state index < -0.39 is 0 Å². The number of carbonyl (C=O) groups is 1. The lowest BCUT2D eigenvalue weighted by Crippen LogP contribution is -2.00. The Hall–Kier alpha value is -1.19. The van der Waals surface area contributed by atoms with Crippen LogP contribution in [0.25, 0.3) is 0 Å². The van der Waals surface area contributed by atoms with E-state index in [2.05, 4.69) is 0 Å². The quantitative estimate of drug-likeness (QED) is 0.622. The summed E-state index contributed by atoms with van der Waals surface area (Å²) in [5.41, 5.74) is 0.743. The summed E-state index contributed by atoms with van der Waals surface area (Å²) in [6, 6.07) is 9.38. The monoisotopic (exact) mass is 265 g/mol. The summed E-state index contributed by atoms with van der Waals surface area (Å²) in [4.78, 5) is 12.8. The van der Waals surface area contributed by atoms with Crippen LogP contribution in [0.1, 0.15) is 10.4 Å². The maximum Gasteiger partial charge on any atom is 0.174 e. The first kappa shape index (κ1) is 12.3. The Morgan fingerprint density at radius 3 is 2.76 bits per heavy atom. The molecular weight excluding hydrogens is 254 g/mol. The summed E-state index contributed by atoms with van der Waals surface area (Å²) in [6.45, 7) is 0. The molecule has 1 aromatic heterocycles. The predicted molar refractivity (Wildman–Crippen MR) is 71.9 cm³/mol. The van der Waals surface area contributed by atoms with Crippen molar-refractivity contribution in [3.05, 3.63) is 53.3 Å². The highest BCUT2D eigenvalue weighted by Gasteiger charge is 2.08. The summed E-state index contributed by atoms with van der Waals surface area (Å²) in [5, 5.41) is 0.693. The lowest BCUT2D eigenvalue weighted by molar-refractivity contribution is 0.102. The molecule has 88 valence electrons. The van der Waals surface area contributed by atoms with Crippen molar-refractivity contribution >= 4 is 29.1 Å². The molecule has 0 fully saturated rings. The molecule has 0 saturated heterocycles. The van der Waals surface area contributed by atoms with Gasteiger partial charge in [-0.1, -0.05) is 23.7 Å². The molecule has 1 aromatic carbocycles. The first-order valence-corrected chi connectivity index (χ1v) is 6.55. The number of carbonyl (C=O) groups excluding carboxylic acids is 1. The molecule has 0 aliphatic rings. The highest BCUT2D eigenvalue weighted by Crippen LogP contribution is 2.27. The Morgan fingerprint density at radius 2 is 2.12 bits per heavy atom. The molecule has 0 spiro atoms. The van der Waals surface area contributed by atoms with Crippen molar-refractivity contribution in [1.29, 1.82) is 0 Å². The van der Waals surface area contributed by atoms with Crippen LogP contribution in [0.3, 0.4) is 0 Å². The molecular formula is C13H12ClNOS. The smallest absolute Gasteiger partial charge is 0.174 e. The minimum absolute atomic E-state index is 0.121. The van der Waals surface area contributed by atoms with Crippen molar-refractivity contribution in [2.75, 3.05) is 5.75 Å². The van der Waals surface area contributed by atoms with Gasteiger partial charge >= 0.3 is 0 Å². The molecule has 0 aliphatic carbocycles. The van der Waals surface area contributed by atoms with Gasteiger partial charge in [-0.2, -0.15) is 0 Å². The fourth-order valence-electron chi connectivity index (χ4n) is 1.46. The fourth-order valence-corrected chi connectivity index (χ4v) is 2.59. The van der Waals surface area contributed by atoms with Crippen molar-refractivity contribution in [3.63, 3.8) is 0 Å². The second-order valence-corrected chi connectivity index (χ2v) is 5.13. The number of halogens is 1. The molecule has 2 rings (SSSR count). The summed E-state index contributed by atoms with van der Waals surface area (Å²) in [7, 11) is 1.90. The normalized spacial score (nSPS) is 10.5. The van der Waals surface area contributed by atoms with Gasteiger partial charge in [-0.05, 0) is 18.2 Å². The second kappa shape index (κ2) is 5.43. The Kier molecular flexibility index (Phi) is 3.92. The fraction of sp³-hybridized carbons (Fsp3) is 0.154. The Morgan fingerprint density at radius 1 is 1.35 bits per heavy atom. The average molecular weight is 266 g/mol. The number of aryl methyl sites for hydroxylation is 1. The number of ketones is 1. The van der Waals surface area contributed by atoms with E-state index in [4.69, 9.17) is 11.6 Å². The van der Waals surface area contributed by atoms with Gasteiger partial charge < -0.3 is 4.57 Å². The SMILES string of the molecule is Cn1ccc(C(=O)CSc2ccccc2Cl)c1. The van der Waals surface area contributed by atoms with E-state index in [9.17, 15) is 4.79 Å². The van der Waals surface area contributed by atoms with Crippen LogP contribution < -0.4 is 0 Å². The van der Waals surface area contributed by atoms with E-state index in [1.807, 2.05) is 54.3 Å². The van der Waals surface area contributed by atoms with E-state index in [0.717, 1.165) is 10.5 Å². The van der Waals surface area contributed by atoms with Crippen molar-refractivity contribution in [2.45, 2.75) is 4.90 Å². The third-order valence-corrected chi connectivity index (χ3v) is 3.86. The van der Waals surface area contributed by atoms with Gasteiger partial charge in [0.15, 0.2) is 5.78 Å². The van der Waals surface area contributed by atoms with E-state index in [1.165, 1.54) is 11.8 Å². The summed E-state index contributed by atoms with van der Waals surface area (Å²) >= 11 is 7.49. The van der Waals surface area contributed by atoms with E-state index in [0.29, 0.717) is 10.8 Å². The van der Waals surface area contributed by atoms with Crippen molar-refractivity contribution in [1.82, 2.24) is 4.57 Å². The van der Waals surface area contributed by atoms with Crippen molar-refractivity contribution in [2.24, 2.45) is 7.05 Å². The van der Waals surface area contributed by atoms with Crippen molar-refractivity contribution < 1.29 is 4.79 Å². The molecule has 0 amide bonds. The maximum atomic E-state index is 11.9. The second-order valence-electron chi connectivity index (χ2n) is 3.71. The van der Waals surface area contributed by atoms with Crippen LogP contribution in [-0.4, -0.2) is 16.1 Å². The van der Waals surface area contributed by atoms with Crippen LogP contribution in [0.5, 0.6) is 0 Å². The van der Waals surface area contributed by atoms with Crippen LogP contribution in [0.15, 0.2) is 47.6 Å². The van der Waals surface area contributed by atoms with Gasteiger partial charge in [-0.15, -0.1) is 11.8 Å². The van der Waals surface area contributed by atoms with Crippen LogP contribution in [0.4, 0.5) is 0 Å². The number of Topliss-reactive ketones (excluding diaryl/α,β-unsaturated/α-hetero) is 1. The zero-order valence-electron chi connectivity index (χ0n) is 9.39. The zero-order chi connectivity index (χ0) is 12.3. The largest absolute Gasteiger partial charge is 0.357 e. The lowest BCUT2D eigenvalue weighted by atomic mass is 10.2.